The van der Waals surface area contributed by atoms with Gasteiger partial charge >= 0.3 is 5.69 Å². The van der Waals surface area contributed by atoms with Crippen LogP contribution in [0.15, 0.2) is 9.59 Å². The minimum atomic E-state index is -0.609. The maximum atomic E-state index is 12.9. The zero-order chi connectivity index (χ0) is 19.3. The van der Waals surface area contributed by atoms with E-state index in [4.69, 9.17) is 5.73 Å². The molecule has 0 radical (unpaired) electrons. The smallest absolute Gasteiger partial charge is 0.330 e. The van der Waals surface area contributed by atoms with E-state index in [2.05, 4.69) is 16.8 Å². The number of nitrogens with zero attached hydrogens (tertiary/aromatic N) is 3. The molecule has 146 valence electrons. The molecule has 2 rings (SSSR count). The molecule has 1 aliphatic heterocycles. The van der Waals surface area contributed by atoms with Crippen molar-refractivity contribution in [2.75, 3.05) is 30.3 Å². The van der Waals surface area contributed by atoms with Crippen LogP contribution in [0, 0.1) is 0 Å². The Morgan fingerprint density at radius 2 is 2.04 bits per heavy atom. The number of hydrogen-bond donors (Lipinski definition) is 2. The lowest BCUT2D eigenvalue weighted by Crippen LogP contribution is -2.48. The van der Waals surface area contributed by atoms with Crippen molar-refractivity contribution in [3.63, 3.8) is 0 Å². The number of likely N-dealkylation sites (N-methyl/N-ethyl adjacent to an activating group) is 1. The van der Waals surface area contributed by atoms with E-state index in [-0.39, 0.29) is 24.0 Å². The van der Waals surface area contributed by atoms with Gasteiger partial charge in [-0.15, -0.1) is 0 Å². The summed E-state index contributed by atoms with van der Waals surface area (Å²) >= 11 is 0. The maximum absolute atomic E-state index is 12.9. The van der Waals surface area contributed by atoms with Gasteiger partial charge in [0, 0.05) is 19.1 Å². The average Bonchev–Trinajstić information content (AvgIpc) is 2.60. The van der Waals surface area contributed by atoms with E-state index in [1.165, 1.54) is 15.9 Å². The molecule has 3 N–H and O–H groups in total. The minimum Gasteiger partial charge on any atom is -0.383 e. The number of hydrogen-bond acceptors (Lipinski definition) is 5. The Morgan fingerprint density at radius 1 is 1.31 bits per heavy atom. The summed E-state index contributed by atoms with van der Waals surface area (Å²) in [6, 6.07) is 0.348. The third-order valence-corrected chi connectivity index (χ3v) is 5.12. The Hall–Kier alpha value is -2.09. The van der Waals surface area contributed by atoms with Crippen LogP contribution in [0.1, 0.15) is 52.9 Å². The number of piperidine rings is 1. The number of nitrogen functional groups attached to an aromatic ring is 1. The van der Waals surface area contributed by atoms with Gasteiger partial charge in [0.15, 0.2) is 5.69 Å². The van der Waals surface area contributed by atoms with Crippen molar-refractivity contribution in [1.82, 2.24) is 14.5 Å². The SMILES string of the molecule is CCCCn1c(N)c(N(CC)C(=O)CN2CCCC[C@@H]2C)c(=O)[nH]c1=O. The normalized spacial score (nSPS) is 18.0. The number of unbranched alkanes of at least 4 members (excludes halogenated alkanes) is 1. The number of amides is 1. The van der Waals surface area contributed by atoms with Crippen LogP contribution >= 0.6 is 0 Å². The first-order valence-corrected chi connectivity index (χ1v) is 9.57. The molecule has 1 fully saturated rings. The van der Waals surface area contributed by atoms with Crippen LogP contribution in [0.3, 0.4) is 0 Å². The van der Waals surface area contributed by atoms with Gasteiger partial charge in [0.05, 0.1) is 6.54 Å². The Balaban J connectivity index is 2.32. The number of H-pyrrole nitrogens is 1. The lowest BCUT2D eigenvalue weighted by molar-refractivity contribution is -0.120. The Bertz CT molecular complexity index is 739. The van der Waals surface area contributed by atoms with Gasteiger partial charge in [-0.3, -0.25) is 24.0 Å². The van der Waals surface area contributed by atoms with E-state index in [0.29, 0.717) is 19.1 Å². The zero-order valence-electron chi connectivity index (χ0n) is 16.1. The Labute approximate surface area is 154 Å². The highest BCUT2D eigenvalue weighted by atomic mass is 16.2. The summed E-state index contributed by atoms with van der Waals surface area (Å²) in [4.78, 5) is 43.2. The molecular formula is C18H31N5O3. The van der Waals surface area contributed by atoms with Crippen LogP contribution < -0.4 is 21.9 Å². The highest BCUT2D eigenvalue weighted by molar-refractivity contribution is 5.96. The highest BCUT2D eigenvalue weighted by Gasteiger charge is 2.27. The minimum absolute atomic E-state index is 0.0640. The molecule has 1 amide bonds. The largest absolute Gasteiger partial charge is 0.383 e. The number of aromatic nitrogens is 2. The number of rotatable bonds is 7. The number of carbonyl (C=O) groups is 1. The van der Waals surface area contributed by atoms with E-state index in [1.54, 1.807) is 6.92 Å². The summed E-state index contributed by atoms with van der Waals surface area (Å²) in [5.41, 5.74) is 5.08. The van der Waals surface area contributed by atoms with Crippen molar-refractivity contribution in [2.24, 2.45) is 0 Å². The molecule has 0 aliphatic carbocycles. The molecule has 2 heterocycles. The monoisotopic (exact) mass is 365 g/mol. The second kappa shape index (κ2) is 9.02. The van der Waals surface area contributed by atoms with Crippen molar-refractivity contribution in [3.8, 4) is 0 Å². The van der Waals surface area contributed by atoms with Crippen molar-refractivity contribution in [2.45, 2.75) is 65.5 Å². The molecule has 0 spiro atoms. The topological polar surface area (TPSA) is 104 Å². The van der Waals surface area contributed by atoms with Crippen LogP contribution in [0.2, 0.25) is 0 Å². The van der Waals surface area contributed by atoms with Crippen LogP contribution in [0.25, 0.3) is 0 Å². The number of nitrogens with two attached hydrogens (primary N) is 1. The number of aromatic amines is 1. The molecule has 26 heavy (non-hydrogen) atoms. The fraction of sp³-hybridized carbons (Fsp3) is 0.722. The van der Waals surface area contributed by atoms with Crippen LogP contribution in [0.4, 0.5) is 11.5 Å². The first kappa shape index (κ1) is 20.2. The second-order valence-electron chi connectivity index (χ2n) is 6.95. The molecule has 0 bridgehead atoms. The lowest BCUT2D eigenvalue weighted by atomic mass is 10.0. The molecule has 1 atom stereocenters. The van der Waals surface area contributed by atoms with Gasteiger partial charge in [0.1, 0.15) is 5.82 Å². The van der Waals surface area contributed by atoms with E-state index in [0.717, 1.165) is 32.2 Å². The summed E-state index contributed by atoms with van der Waals surface area (Å²) in [6.07, 6.45) is 4.99. The predicted octanol–water partition coefficient (Wildman–Crippen LogP) is 1.15. The molecular weight excluding hydrogens is 334 g/mol. The maximum Gasteiger partial charge on any atom is 0.330 e. The average molecular weight is 365 g/mol. The zero-order valence-corrected chi connectivity index (χ0v) is 16.1. The van der Waals surface area contributed by atoms with E-state index >= 15 is 0 Å². The van der Waals surface area contributed by atoms with Crippen LogP contribution in [0.5, 0.6) is 0 Å². The molecule has 0 unspecified atom stereocenters. The number of likely N-dealkylation sites (tertiary alicyclic amines) is 1. The van der Waals surface area contributed by atoms with E-state index in [1.807, 2.05) is 6.92 Å². The van der Waals surface area contributed by atoms with Gasteiger partial charge < -0.3 is 10.6 Å². The standard InChI is InChI=1S/C18H31N5O3/c1-4-6-11-23-16(19)15(17(25)20-18(23)26)22(5-2)14(24)12-21-10-8-7-9-13(21)3/h13H,4-12,19H2,1-3H3,(H,20,25,26)/t13-/m0/s1. The first-order chi connectivity index (χ1) is 12.4. The van der Waals surface area contributed by atoms with Crippen LogP contribution in [-0.4, -0.2) is 46.0 Å². The third kappa shape index (κ3) is 4.35. The fourth-order valence-corrected chi connectivity index (χ4v) is 3.49. The highest BCUT2D eigenvalue weighted by Crippen LogP contribution is 2.20. The van der Waals surface area contributed by atoms with Gasteiger partial charge in [-0.05, 0) is 39.7 Å². The third-order valence-electron chi connectivity index (χ3n) is 5.12. The summed E-state index contributed by atoms with van der Waals surface area (Å²) in [5.74, 6) is -0.103. The summed E-state index contributed by atoms with van der Waals surface area (Å²) < 4.78 is 1.35. The Morgan fingerprint density at radius 3 is 2.65 bits per heavy atom. The van der Waals surface area contributed by atoms with Gasteiger partial charge in [-0.2, -0.15) is 0 Å². The molecule has 1 aliphatic rings. The molecule has 1 saturated heterocycles. The van der Waals surface area contributed by atoms with Crippen LogP contribution in [-0.2, 0) is 11.3 Å². The summed E-state index contributed by atoms with van der Waals surface area (Å²) in [7, 11) is 0. The van der Waals surface area contributed by atoms with Crippen molar-refractivity contribution >= 4 is 17.4 Å². The first-order valence-electron chi connectivity index (χ1n) is 9.57. The quantitative estimate of drug-likeness (QED) is 0.754. The van der Waals surface area contributed by atoms with Gasteiger partial charge in [0.25, 0.3) is 5.56 Å². The van der Waals surface area contributed by atoms with Crippen molar-refractivity contribution < 1.29 is 4.79 Å². The van der Waals surface area contributed by atoms with Gasteiger partial charge in [-0.25, -0.2) is 4.79 Å². The van der Waals surface area contributed by atoms with Gasteiger partial charge in [0.2, 0.25) is 5.91 Å². The van der Waals surface area contributed by atoms with Crippen molar-refractivity contribution in [1.29, 1.82) is 0 Å². The van der Waals surface area contributed by atoms with Gasteiger partial charge in [-0.1, -0.05) is 19.8 Å². The molecule has 8 nitrogen and oxygen atoms in total. The van der Waals surface area contributed by atoms with Crippen molar-refractivity contribution in [3.05, 3.63) is 20.8 Å². The number of anilines is 2. The molecule has 8 heteroatoms. The summed E-state index contributed by atoms with van der Waals surface area (Å²) in [6.45, 7) is 7.80. The molecule has 0 saturated carbocycles. The van der Waals surface area contributed by atoms with E-state index < -0.39 is 11.2 Å². The summed E-state index contributed by atoms with van der Waals surface area (Å²) in [5, 5.41) is 0. The molecule has 1 aromatic heterocycles. The lowest BCUT2D eigenvalue weighted by Gasteiger charge is -2.34. The van der Waals surface area contributed by atoms with E-state index in [9.17, 15) is 14.4 Å². The second-order valence-corrected chi connectivity index (χ2v) is 6.95. The molecule has 1 aromatic rings. The number of nitrogens with one attached hydrogen (secondary N) is 1. The number of carbonyl (C=O) groups excluding carboxylic acids is 1. The predicted molar refractivity (Wildman–Crippen MR) is 104 cm³/mol. The fourth-order valence-electron chi connectivity index (χ4n) is 3.49. The molecule has 0 aromatic carbocycles. The Kier molecular flexibility index (Phi) is 7.02.